The van der Waals surface area contributed by atoms with Gasteiger partial charge in [-0.3, -0.25) is 4.79 Å². The summed E-state index contributed by atoms with van der Waals surface area (Å²) < 4.78 is 0. The van der Waals surface area contributed by atoms with Gasteiger partial charge in [-0.2, -0.15) is 0 Å². The van der Waals surface area contributed by atoms with Crippen LogP contribution < -0.4 is 5.32 Å². The molecule has 1 atom stereocenters. The molecular formula is C18H21NO2. The van der Waals surface area contributed by atoms with Crippen LogP contribution in [0.15, 0.2) is 54.6 Å². The third-order valence-corrected chi connectivity index (χ3v) is 3.51. The van der Waals surface area contributed by atoms with Gasteiger partial charge in [-0.15, -0.1) is 0 Å². The fourth-order valence-corrected chi connectivity index (χ4v) is 2.18. The van der Waals surface area contributed by atoms with E-state index in [9.17, 15) is 9.90 Å². The Kier molecular flexibility index (Phi) is 4.76. The molecule has 0 heterocycles. The Morgan fingerprint density at radius 3 is 2.33 bits per heavy atom. The molecule has 2 N–H and O–H groups in total. The van der Waals surface area contributed by atoms with Crippen LogP contribution >= 0.6 is 0 Å². The second-order valence-corrected chi connectivity index (χ2v) is 5.58. The lowest BCUT2D eigenvalue weighted by atomic mass is 9.92. The summed E-state index contributed by atoms with van der Waals surface area (Å²) in [6, 6.07) is 17.3. The number of carbonyl (C=O) groups excluding carboxylic acids is 1. The Labute approximate surface area is 125 Å². The molecule has 1 amide bonds. The standard InChI is InChI=1S/C18H21NO2/c1-14-8-10-15(11-9-14)13-19-17(20)12-18(2,21)16-6-4-3-5-7-16/h3-11,21H,12-13H2,1-2H3,(H,19,20). The van der Waals surface area contributed by atoms with Crippen molar-refractivity contribution < 1.29 is 9.90 Å². The molecule has 0 radical (unpaired) electrons. The first-order chi connectivity index (χ1) is 9.97. The third kappa shape index (κ3) is 4.43. The Balaban J connectivity index is 1.91. The lowest BCUT2D eigenvalue weighted by molar-refractivity contribution is -0.126. The van der Waals surface area contributed by atoms with Gasteiger partial charge in [0, 0.05) is 6.54 Å². The van der Waals surface area contributed by atoms with E-state index in [4.69, 9.17) is 0 Å². The minimum atomic E-state index is -1.15. The largest absolute Gasteiger partial charge is 0.385 e. The average molecular weight is 283 g/mol. The molecule has 2 rings (SSSR count). The van der Waals surface area contributed by atoms with E-state index < -0.39 is 5.60 Å². The lowest BCUT2D eigenvalue weighted by Gasteiger charge is -2.23. The van der Waals surface area contributed by atoms with Crippen molar-refractivity contribution in [3.05, 3.63) is 71.3 Å². The number of hydrogen-bond acceptors (Lipinski definition) is 2. The second-order valence-electron chi connectivity index (χ2n) is 5.58. The first-order valence-electron chi connectivity index (χ1n) is 7.07. The normalized spacial score (nSPS) is 13.5. The number of carbonyl (C=O) groups is 1. The molecule has 0 aliphatic rings. The van der Waals surface area contributed by atoms with Crippen LogP contribution in [0.3, 0.4) is 0 Å². The Morgan fingerprint density at radius 2 is 1.71 bits per heavy atom. The molecule has 2 aromatic rings. The smallest absolute Gasteiger partial charge is 0.223 e. The summed E-state index contributed by atoms with van der Waals surface area (Å²) in [6.45, 7) is 4.16. The van der Waals surface area contributed by atoms with E-state index in [1.165, 1.54) is 5.56 Å². The molecule has 1 unspecified atom stereocenters. The first-order valence-corrected chi connectivity index (χ1v) is 7.07. The number of benzene rings is 2. The van der Waals surface area contributed by atoms with Crippen molar-refractivity contribution in [3.63, 3.8) is 0 Å². The molecule has 0 bridgehead atoms. The number of aryl methyl sites for hydroxylation is 1. The number of hydrogen-bond donors (Lipinski definition) is 2. The van der Waals surface area contributed by atoms with Crippen molar-refractivity contribution in [1.29, 1.82) is 0 Å². The molecule has 0 aliphatic carbocycles. The summed E-state index contributed by atoms with van der Waals surface area (Å²) in [5.74, 6) is -0.163. The zero-order valence-corrected chi connectivity index (χ0v) is 12.5. The fraction of sp³-hybridized carbons (Fsp3) is 0.278. The van der Waals surface area contributed by atoms with Crippen LogP contribution in [0.2, 0.25) is 0 Å². The van der Waals surface area contributed by atoms with Gasteiger partial charge in [-0.05, 0) is 25.0 Å². The van der Waals surface area contributed by atoms with Gasteiger partial charge in [0.05, 0.1) is 12.0 Å². The van der Waals surface area contributed by atoms with Crippen molar-refractivity contribution in [2.75, 3.05) is 0 Å². The van der Waals surface area contributed by atoms with Gasteiger partial charge in [0.1, 0.15) is 0 Å². The minimum absolute atomic E-state index is 0.0445. The van der Waals surface area contributed by atoms with Crippen LogP contribution in [0.25, 0.3) is 0 Å². The van der Waals surface area contributed by atoms with E-state index >= 15 is 0 Å². The molecule has 21 heavy (non-hydrogen) atoms. The van der Waals surface area contributed by atoms with Gasteiger partial charge in [0.15, 0.2) is 0 Å². The molecule has 0 aromatic heterocycles. The second kappa shape index (κ2) is 6.55. The number of aliphatic hydroxyl groups is 1. The summed E-state index contributed by atoms with van der Waals surface area (Å²) in [5.41, 5.74) is 1.83. The van der Waals surface area contributed by atoms with Gasteiger partial charge in [-0.1, -0.05) is 60.2 Å². The highest BCUT2D eigenvalue weighted by atomic mass is 16.3. The minimum Gasteiger partial charge on any atom is -0.385 e. The molecule has 0 fully saturated rings. The van der Waals surface area contributed by atoms with Crippen molar-refractivity contribution in [1.82, 2.24) is 5.32 Å². The summed E-state index contributed by atoms with van der Waals surface area (Å²) in [7, 11) is 0. The van der Waals surface area contributed by atoms with E-state index in [2.05, 4.69) is 5.32 Å². The molecule has 0 saturated heterocycles. The number of amides is 1. The molecule has 2 aromatic carbocycles. The zero-order chi connectivity index (χ0) is 15.3. The van der Waals surface area contributed by atoms with Gasteiger partial charge in [-0.25, -0.2) is 0 Å². The van der Waals surface area contributed by atoms with Crippen molar-refractivity contribution >= 4 is 5.91 Å². The maximum Gasteiger partial charge on any atom is 0.223 e. The summed E-state index contributed by atoms with van der Waals surface area (Å²) in [5, 5.41) is 13.3. The predicted molar refractivity (Wildman–Crippen MR) is 83.7 cm³/mol. The zero-order valence-electron chi connectivity index (χ0n) is 12.5. The van der Waals surface area contributed by atoms with Crippen LogP contribution in [0.4, 0.5) is 0 Å². The van der Waals surface area contributed by atoms with Crippen LogP contribution in [-0.2, 0) is 16.9 Å². The maximum atomic E-state index is 12.0. The van der Waals surface area contributed by atoms with Gasteiger partial charge >= 0.3 is 0 Å². The highest BCUT2D eigenvalue weighted by Gasteiger charge is 2.26. The molecule has 0 aliphatic heterocycles. The summed E-state index contributed by atoms with van der Waals surface area (Å²) in [6.07, 6.45) is 0.0445. The summed E-state index contributed by atoms with van der Waals surface area (Å²) in [4.78, 5) is 12.0. The lowest BCUT2D eigenvalue weighted by Crippen LogP contribution is -2.32. The van der Waals surface area contributed by atoms with E-state index in [0.717, 1.165) is 11.1 Å². The fourth-order valence-electron chi connectivity index (χ4n) is 2.18. The predicted octanol–water partition coefficient (Wildman–Crippen LogP) is 2.91. The first kappa shape index (κ1) is 15.3. The number of nitrogens with one attached hydrogen (secondary N) is 1. The van der Waals surface area contributed by atoms with Crippen molar-refractivity contribution in [2.45, 2.75) is 32.4 Å². The van der Waals surface area contributed by atoms with Gasteiger partial charge in [0.25, 0.3) is 0 Å². The summed E-state index contributed by atoms with van der Waals surface area (Å²) >= 11 is 0. The topological polar surface area (TPSA) is 49.3 Å². The highest BCUT2D eigenvalue weighted by Crippen LogP contribution is 2.23. The quantitative estimate of drug-likeness (QED) is 0.886. The van der Waals surface area contributed by atoms with Crippen LogP contribution in [0, 0.1) is 6.92 Å². The van der Waals surface area contributed by atoms with Crippen LogP contribution in [-0.4, -0.2) is 11.0 Å². The molecule has 110 valence electrons. The van der Waals surface area contributed by atoms with Gasteiger partial charge < -0.3 is 10.4 Å². The highest BCUT2D eigenvalue weighted by molar-refractivity contribution is 5.77. The molecule has 0 spiro atoms. The molecular weight excluding hydrogens is 262 g/mol. The molecule has 0 saturated carbocycles. The Morgan fingerprint density at radius 1 is 1.10 bits per heavy atom. The van der Waals surface area contributed by atoms with E-state index in [-0.39, 0.29) is 12.3 Å². The molecule has 3 nitrogen and oxygen atoms in total. The van der Waals surface area contributed by atoms with Crippen molar-refractivity contribution in [2.24, 2.45) is 0 Å². The molecule has 3 heteroatoms. The monoisotopic (exact) mass is 283 g/mol. The third-order valence-electron chi connectivity index (χ3n) is 3.51. The van der Waals surface area contributed by atoms with E-state index in [1.54, 1.807) is 6.92 Å². The van der Waals surface area contributed by atoms with Crippen LogP contribution in [0.1, 0.15) is 30.0 Å². The van der Waals surface area contributed by atoms with E-state index in [0.29, 0.717) is 6.54 Å². The van der Waals surface area contributed by atoms with Crippen LogP contribution in [0.5, 0.6) is 0 Å². The van der Waals surface area contributed by atoms with E-state index in [1.807, 2.05) is 61.5 Å². The van der Waals surface area contributed by atoms with Crippen molar-refractivity contribution in [3.8, 4) is 0 Å². The number of rotatable bonds is 5. The SMILES string of the molecule is Cc1ccc(CNC(=O)CC(C)(O)c2ccccc2)cc1. The maximum absolute atomic E-state index is 12.0. The average Bonchev–Trinajstić information content (AvgIpc) is 2.47. The van der Waals surface area contributed by atoms with Gasteiger partial charge in [0.2, 0.25) is 5.91 Å². The Hall–Kier alpha value is -2.13. The Bertz CT molecular complexity index is 588.